The Balaban J connectivity index is 2.19. The topological polar surface area (TPSA) is 54.7 Å². The van der Waals surface area contributed by atoms with Gasteiger partial charge in [0.1, 0.15) is 5.82 Å². The fraction of sp³-hybridized carbons (Fsp3) is 0.133. The normalized spacial score (nSPS) is 10.9. The maximum Gasteiger partial charge on any atom is 0.138 e. The quantitative estimate of drug-likeness (QED) is 0.671. The summed E-state index contributed by atoms with van der Waals surface area (Å²) in [6.07, 6.45) is 0.985. The number of H-pyrrole nitrogens is 1. The fourth-order valence-corrected chi connectivity index (χ4v) is 2.20. The SMILES string of the molecule is CCc1cccc2[nH]c(-c3cccc(N)c3)nc12. The first-order valence-corrected chi connectivity index (χ1v) is 6.11. The van der Waals surface area contributed by atoms with Crippen molar-refractivity contribution < 1.29 is 0 Å². The molecule has 0 aliphatic rings. The van der Waals surface area contributed by atoms with Gasteiger partial charge < -0.3 is 10.7 Å². The number of hydrogen-bond acceptors (Lipinski definition) is 2. The Morgan fingerprint density at radius 3 is 2.78 bits per heavy atom. The van der Waals surface area contributed by atoms with Crippen LogP contribution in [0.25, 0.3) is 22.4 Å². The third kappa shape index (κ3) is 1.74. The molecule has 0 saturated carbocycles. The molecular formula is C15H15N3. The number of anilines is 1. The van der Waals surface area contributed by atoms with E-state index >= 15 is 0 Å². The lowest BCUT2D eigenvalue weighted by molar-refractivity contribution is 1.15. The van der Waals surface area contributed by atoms with E-state index in [1.54, 1.807) is 0 Å². The highest BCUT2D eigenvalue weighted by Crippen LogP contribution is 2.24. The molecule has 1 heterocycles. The minimum absolute atomic E-state index is 0.753. The van der Waals surface area contributed by atoms with E-state index in [4.69, 9.17) is 5.73 Å². The van der Waals surface area contributed by atoms with Crippen LogP contribution in [0.15, 0.2) is 42.5 Å². The Morgan fingerprint density at radius 2 is 2.00 bits per heavy atom. The van der Waals surface area contributed by atoms with Crippen molar-refractivity contribution >= 4 is 16.7 Å². The number of hydrogen-bond donors (Lipinski definition) is 2. The number of benzene rings is 2. The van der Waals surface area contributed by atoms with Crippen molar-refractivity contribution in [3.05, 3.63) is 48.0 Å². The van der Waals surface area contributed by atoms with E-state index in [0.29, 0.717) is 0 Å². The summed E-state index contributed by atoms with van der Waals surface area (Å²) in [5.41, 5.74) is 11.0. The highest BCUT2D eigenvalue weighted by Gasteiger charge is 2.07. The number of fused-ring (bicyclic) bond motifs is 1. The molecule has 0 bridgehead atoms. The van der Waals surface area contributed by atoms with E-state index in [0.717, 1.165) is 34.5 Å². The molecule has 3 rings (SSSR count). The predicted molar refractivity (Wildman–Crippen MR) is 75.3 cm³/mol. The summed E-state index contributed by atoms with van der Waals surface area (Å²) in [5.74, 6) is 0.873. The summed E-state index contributed by atoms with van der Waals surface area (Å²) >= 11 is 0. The predicted octanol–water partition coefficient (Wildman–Crippen LogP) is 3.37. The number of nitrogens with one attached hydrogen (secondary N) is 1. The second-order valence-corrected chi connectivity index (χ2v) is 4.38. The molecular weight excluding hydrogens is 222 g/mol. The van der Waals surface area contributed by atoms with Gasteiger partial charge in [-0.3, -0.25) is 0 Å². The third-order valence-corrected chi connectivity index (χ3v) is 3.14. The summed E-state index contributed by atoms with van der Waals surface area (Å²) in [6.45, 7) is 2.14. The third-order valence-electron chi connectivity index (χ3n) is 3.14. The van der Waals surface area contributed by atoms with Crippen LogP contribution in [-0.4, -0.2) is 9.97 Å². The monoisotopic (exact) mass is 237 g/mol. The lowest BCUT2D eigenvalue weighted by Gasteiger charge is -1.97. The Labute approximate surface area is 106 Å². The van der Waals surface area contributed by atoms with Crippen LogP contribution in [0.2, 0.25) is 0 Å². The number of para-hydroxylation sites is 1. The van der Waals surface area contributed by atoms with E-state index in [1.165, 1.54) is 5.56 Å². The van der Waals surface area contributed by atoms with Gasteiger partial charge in [-0.2, -0.15) is 0 Å². The average Bonchev–Trinajstić information content (AvgIpc) is 2.82. The lowest BCUT2D eigenvalue weighted by atomic mass is 10.1. The van der Waals surface area contributed by atoms with Crippen molar-refractivity contribution in [1.29, 1.82) is 0 Å². The molecule has 0 saturated heterocycles. The van der Waals surface area contributed by atoms with Gasteiger partial charge in [0.2, 0.25) is 0 Å². The first-order valence-electron chi connectivity index (χ1n) is 6.11. The van der Waals surface area contributed by atoms with E-state index < -0.39 is 0 Å². The Hall–Kier alpha value is -2.29. The first kappa shape index (κ1) is 10.8. The van der Waals surface area contributed by atoms with Crippen LogP contribution in [0, 0.1) is 0 Å². The van der Waals surface area contributed by atoms with Crippen molar-refractivity contribution in [3.63, 3.8) is 0 Å². The van der Waals surface area contributed by atoms with Crippen molar-refractivity contribution in [2.45, 2.75) is 13.3 Å². The molecule has 0 spiro atoms. The van der Waals surface area contributed by atoms with Crippen LogP contribution in [0.5, 0.6) is 0 Å². The molecule has 0 atom stereocenters. The Bertz CT molecular complexity index is 698. The van der Waals surface area contributed by atoms with Crippen molar-refractivity contribution in [2.24, 2.45) is 0 Å². The molecule has 3 N–H and O–H groups in total. The fourth-order valence-electron chi connectivity index (χ4n) is 2.20. The highest BCUT2D eigenvalue weighted by atomic mass is 14.9. The summed E-state index contributed by atoms with van der Waals surface area (Å²) in [6, 6.07) is 14.0. The van der Waals surface area contributed by atoms with E-state index in [2.05, 4.69) is 35.1 Å². The highest BCUT2D eigenvalue weighted by molar-refractivity contribution is 5.82. The van der Waals surface area contributed by atoms with Gasteiger partial charge in [-0.15, -0.1) is 0 Å². The summed E-state index contributed by atoms with van der Waals surface area (Å²) in [5, 5.41) is 0. The van der Waals surface area contributed by atoms with Gasteiger partial charge in [0, 0.05) is 11.3 Å². The molecule has 1 aromatic heterocycles. The number of aryl methyl sites for hydroxylation is 1. The second kappa shape index (κ2) is 4.18. The van der Waals surface area contributed by atoms with Crippen molar-refractivity contribution in [1.82, 2.24) is 9.97 Å². The lowest BCUT2D eigenvalue weighted by Crippen LogP contribution is -1.86. The zero-order chi connectivity index (χ0) is 12.5. The zero-order valence-electron chi connectivity index (χ0n) is 10.3. The van der Waals surface area contributed by atoms with Gasteiger partial charge in [0.15, 0.2) is 0 Å². The van der Waals surface area contributed by atoms with E-state index in [-0.39, 0.29) is 0 Å². The molecule has 3 aromatic rings. The van der Waals surface area contributed by atoms with Crippen molar-refractivity contribution in [2.75, 3.05) is 5.73 Å². The van der Waals surface area contributed by atoms with Crippen molar-refractivity contribution in [3.8, 4) is 11.4 Å². The van der Waals surface area contributed by atoms with E-state index in [1.807, 2.05) is 24.3 Å². The second-order valence-electron chi connectivity index (χ2n) is 4.38. The summed E-state index contributed by atoms with van der Waals surface area (Å²) in [7, 11) is 0. The Morgan fingerprint density at radius 1 is 1.17 bits per heavy atom. The van der Waals surface area contributed by atoms with Gasteiger partial charge in [0.25, 0.3) is 0 Å². The van der Waals surface area contributed by atoms with Crippen LogP contribution in [0.1, 0.15) is 12.5 Å². The molecule has 0 unspecified atom stereocenters. The Kier molecular flexibility index (Phi) is 2.52. The molecule has 0 radical (unpaired) electrons. The number of nitrogens with zero attached hydrogens (tertiary/aromatic N) is 1. The molecule has 3 heteroatoms. The van der Waals surface area contributed by atoms with Gasteiger partial charge in [-0.25, -0.2) is 4.98 Å². The standard InChI is InChI=1S/C15H15N3/c1-2-10-5-4-8-13-14(10)18-15(17-13)11-6-3-7-12(16)9-11/h3-9H,2,16H2,1H3,(H,17,18). The maximum absolute atomic E-state index is 5.80. The van der Waals surface area contributed by atoms with Gasteiger partial charge >= 0.3 is 0 Å². The summed E-state index contributed by atoms with van der Waals surface area (Å²) < 4.78 is 0. The first-order chi connectivity index (χ1) is 8.78. The van der Waals surface area contributed by atoms with Crippen LogP contribution in [-0.2, 0) is 6.42 Å². The minimum Gasteiger partial charge on any atom is -0.399 e. The number of nitrogen functional groups attached to an aromatic ring is 1. The molecule has 3 nitrogen and oxygen atoms in total. The number of aromatic amines is 1. The smallest absolute Gasteiger partial charge is 0.138 e. The molecule has 2 aromatic carbocycles. The van der Waals surface area contributed by atoms with E-state index in [9.17, 15) is 0 Å². The van der Waals surface area contributed by atoms with Gasteiger partial charge in [0.05, 0.1) is 11.0 Å². The maximum atomic E-state index is 5.80. The van der Waals surface area contributed by atoms with Gasteiger partial charge in [-0.1, -0.05) is 31.2 Å². The molecule has 18 heavy (non-hydrogen) atoms. The summed E-state index contributed by atoms with van der Waals surface area (Å²) in [4.78, 5) is 8.03. The average molecular weight is 237 g/mol. The molecule has 0 fully saturated rings. The van der Waals surface area contributed by atoms with Crippen LogP contribution < -0.4 is 5.73 Å². The zero-order valence-corrected chi connectivity index (χ0v) is 10.3. The number of aromatic nitrogens is 2. The van der Waals surface area contributed by atoms with Gasteiger partial charge in [-0.05, 0) is 30.2 Å². The van der Waals surface area contributed by atoms with Crippen LogP contribution >= 0.6 is 0 Å². The number of nitrogens with two attached hydrogens (primary N) is 1. The van der Waals surface area contributed by atoms with Crippen LogP contribution in [0.3, 0.4) is 0 Å². The van der Waals surface area contributed by atoms with Crippen LogP contribution in [0.4, 0.5) is 5.69 Å². The molecule has 90 valence electrons. The molecule has 0 aliphatic carbocycles. The molecule has 0 amide bonds. The number of rotatable bonds is 2. The number of imidazole rings is 1. The molecule has 0 aliphatic heterocycles. The minimum atomic E-state index is 0.753. The largest absolute Gasteiger partial charge is 0.399 e.